The first-order valence-corrected chi connectivity index (χ1v) is 8.80. The van der Waals surface area contributed by atoms with Crippen LogP contribution in [0.5, 0.6) is 11.5 Å². The minimum Gasteiger partial charge on any atom is -0.504 e. The Morgan fingerprint density at radius 2 is 1.85 bits per heavy atom. The van der Waals surface area contributed by atoms with Crippen molar-refractivity contribution in [2.45, 2.75) is 12.8 Å². The Hall–Kier alpha value is -2.62. The van der Waals surface area contributed by atoms with Crippen LogP contribution < -0.4 is 15.5 Å². The Labute approximate surface area is 164 Å². The Bertz CT molecular complexity index is 807. The number of carbonyl (C=O) groups is 2. The van der Waals surface area contributed by atoms with Crippen LogP contribution in [0.3, 0.4) is 0 Å². The van der Waals surface area contributed by atoms with Crippen molar-refractivity contribution >= 4 is 46.3 Å². The highest BCUT2D eigenvalue weighted by molar-refractivity contribution is 14.1. The maximum Gasteiger partial charge on any atom is 0.240 e. The second-order valence-corrected chi connectivity index (χ2v) is 6.53. The molecular formula is C18H18IN3O4. The van der Waals surface area contributed by atoms with Gasteiger partial charge < -0.3 is 15.2 Å². The highest BCUT2D eigenvalue weighted by atomic mass is 127. The number of hydrogen-bond acceptors (Lipinski definition) is 5. The van der Waals surface area contributed by atoms with E-state index in [-0.39, 0.29) is 30.4 Å². The van der Waals surface area contributed by atoms with Gasteiger partial charge in [0.25, 0.3) is 0 Å². The van der Waals surface area contributed by atoms with Crippen molar-refractivity contribution in [2.75, 3.05) is 12.4 Å². The molecule has 0 bridgehead atoms. The van der Waals surface area contributed by atoms with Crippen LogP contribution >= 0.6 is 22.6 Å². The van der Waals surface area contributed by atoms with Crippen molar-refractivity contribution in [3.8, 4) is 11.5 Å². The molecule has 0 aliphatic carbocycles. The lowest BCUT2D eigenvalue weighted by molar-refractivity contribution is -0.124. The molecule has 2 aromatic rings. The minimum atomic E-state index is -0.371. The normalized spacial score (nSPS) is 10.5. The van der Waals surface area contributed by atoms with Crippen molar-refractivity contribution in [1.29, 1.82) is 0 Å². The van der Waals surface area contributed by atoms with E-state index >= 15 is 0 Å². The lowest BCUT2D eigenvalue weighted by atomic mass is 10.2. The molecule has 8 heteroatoms. The Balaban J connectivity index is 1.76. The summed E-state index contributed by atoms with van der Waals surface area (Å²) in [4.78, 5) is 23.6. The number of rotatable bonds is 7. The van der Waals surface area contributed by atoms with Gasteiger partial charge in [-0.05, 0) is 70.6 Å². The number of carbonyl (C=O) groups excluding carboxylic acids is 2. The summed E-state index contributed by atoms with van der Waals surface area (Å²) < 4.78 is 6.06. The first kappa shape index (κ1) is 19.7. The van der Waals surface area contributed by atoms with Crippen LogP contribution in [0.4, 0.5) is 5.69 Å². The summed E-state index contributed by atoms with van der Waals surface area (Å²) in [6, 6.07) is 12.1. The van der Waals surface area contributed by atoms with Gasteiger partial charge in [-0.3, -0.25) is 9.59 Å². The van der Waals surface area contributed by atoms with Crippen LogP contribution in [-0.4, -0.2) is 30.2 Å². The van der Waals surface area contributed by atoms with Crippen molar-refractivity contribution in [3.63, 3.8) is 0 Å². The molecule has 0 aliphatic heterocycles. The average molecular weight is 467 g/mol. The molecule has 136 valence electrons. The van der Waals surface area contributed by atoms with Crippen LogP contribution in [0.25, 0.3) is 0 Å². The second kappa shape index (κ2) is 9.76. The quantitative estimate of drug-likeness (QED) is 0.331. The molecule has 7 nitrogen and oxygen atoms in total. The molecule has 26 heavy (non-hydrogen) atoms. The Kier molecular flexibility index (Phi) is 7.39. The van der Waals surface area contributed by atoms with E-state index in [0.29, 0.717) is 17.0 Å². The van der Waals surface area contributed by atoms with Gasteiger partial charge in [0, 0.05) is 22.1 Å². The van der Waals surface area contributed by atoms with Gasteiger partial charge >= 0.3 is 0 Å². The number of nitrogens with one attached hydrogen (secondary N) is 2. The van der Waals surface area contributed by atoms with E-state index in [4.69, 9.17) is 4.74 Å². The molecule has 0 aliphatic rings. The van der Waals surface area contributed by atoms with Crippen molar-refractivity contribution in [1.82, 2.24) is 5.43 Å². The van der Waals surface area contributed by atoms with E-state index in [0.717, 1.165) is 3.57 Å². The number of methoxy groups -OCH3 is 1. The molecular weight excluding hydrogens is 449 g/mol. The summed E-state index contributed by atoms with van der Waals surface area (Å²) >= 11 is 2.18. The van der Waals surface area contributed by atoms with E-state index in [1.54, 1.807) is 24.3 Å². The maximum absolute atomic E-state index is 11.8. The van der Waals surface area contributed by atoms with E-state index in [1.165, 1.54) is 19.4 Å². The number of benzene rings is 2. The Morgan fingerprint density at radius 3 is 2.54 bits per heavy atom. The molecule has 0 radical (unpaired) electrons. The number of nitrogens with zero attached hydrogens (tertiary/aromatic N) is 1. The number of hydrazone groups is 1. The molecule has 2 aromatic carbocycles. The summed E-state index contributed by atoms with van der Waals surface area (Å²) in [6.45, 7) is 0. The zero-order chi connectivity index (χ0) is 18.9. The smallest absolute Gasteiger partial charge is 0.240 e. The van der Waals surface area contributed by atoms with Gasteiger partial charge in [0.15, 0.2) is 11.5 Å². The van der Waals surface area contributed by atoms with Gasteiger partial charge in [-0.15, -0.1) is 0 Å². The van der Waals surface area contributed by atoms with Crippen LogP contribution in [0.15, 0.2) is 47.6 Å². The third-order valence-corrected chi connectivity index (χ3v) is 4.03. The topological polar surface area (TPSA) is 100 Å². The predicted molar refractivity (Wildman–Crippen MR) is 107 cm³/mol. The monoisotopic (exact) mass is 467 g/mol. The zero-order valence-electron chi connectivity index (χ0n) is 14.0. The maximum atomic E-state index is 11.8. The fraction of sp³-hybridized carbons (Fsp3) is 0.167. The molecule has 0 heterocycles. The summed E-state index contributed by atoms with van der Waals surface area (Å²) in [6.07, 6.45) is 1.50. The number of phenols is 1. The summed E-state index contributed by atoms with van der Waals surface area (Å²) in [5.74, 6) is -0.279. The van der Waals surface area contributed by atoms with Gasteiger partial charge in [0.2, 0.25) is 11.8 Å². The Morgan fingerprint density at radius 1 is 1.15 bits per heavy atom. The number of aromatic hydroxyl groups is 1. The standard InChI is InChI=1S/C18H18IN3O4/c1-26-16-10-12(2-7-15(16)23)11-20-22-18(25)9-8-17(24)21-14-5-3-13(19)4-6-14/h2-7,10-11,23H,8-9H2,1H3,(H,21,24)(H,22,25)/b20-11-. The third kappa shape index (κ3) is 6.36. The van der Waals surface area contributed by atoms with Gasteiger partial charge in [-0.1, -0.05) is 0 Å². The molecule has 0 unspecified atom stereocenters. The van der Waals surface area contributed by atoms with E-state index in [2.05, 4.69) is 38.4 Å². The molecule has 0 atom stereocenters. The molecule has 2 amide bonds. The van der Waals surface area contributed by atoms with Crippen molar-refractivity contribution < 1.29 is 19.4 Å². The van der Waals surface area contributed by atoms with Crippen LogP contribution in [-0.2, 0) is 9.59 Å². The van der Waals surface area contributed by atoms with Crippen LogP contribution in [0.1, 0.15) is 18.4 Å². The van der Waals surface area contributed by atoms with Crippen molar-refractivity contribution in [3.05, 3.63) is 51.6 Å². The summed E-state index contributed by atoms with van der Waals surface area (Å²) in [5.41, 5.74) is 3.70. The largest absolute Gasteiger partial charge is 0.504 e. The van der Waals surface area contributed by atoms with E-state index in [1.807, 2.05) is 12.1 Å². The molecule has 2 rings (SSSR count). The number of hydrogen-bond donors (Lipinski definition) is 3. The SMILES string of the molecule is COc1cc(/C=N\NC(=O)CCC(=O)Nc2ccc(I)cc2)ccc1O. The molecule has 0 saturated carbocycles. The number of halogens is 1. The first-order valence-electron chi connectivity index (χ1n) is 7.72. The van der Waals surface area contributed by atoms with Gasteiger partial charge in [-0.2, -0.15) is 5.10 Å². The summed E-state index contributed by atoms with van der Waals surface area (Å²) in [7, 11) is 1.44. The number of amides is 2. The van der Waals surface area contributed by atoms with Gasteiger partial charge in [-0.25, -0.2) is 5.43 Å². The number of anilines is 1. The lowest BCUT2D eigenvalue weighted by Crippen LogP contribution is -2.20. The van der Waals surface area contributed by atoms with E-state index in [9.17, 15) is 14.7 Å². The fourth-order valence-corrected chi connectivity index (χ4v) is 2.35. The lowest BCUT2D eigenvalue weighted by Gasteiger charge is -2.05. The molecule has 0 aromatic heterocycles. The van der Waals surface area contributed by atoms with Crippen LogP contribution in [0.2, 0.25) is 0 Å². The predicted octanol–water partition coefficient (Wildman–Crippen LogP) is 2.87. The minimum absolute atomic E-state index is 0.0203. The van der Waals surface area contributed by atoms with Gasteiger partial charge in [0.05, 0.1) is 13.3 Å². The van der Waals surface area contributed by atoms with Gasteiger partial charge in [0.1, 0.15) is 0 Å². The fourth-order valence-electron chi connectivity index (χ4n) is 1.99. The van der Waals surface area contributed by atoms with Crippen molar-refractivity contribution in [2.24, 2.45) is 5.10 Å². The number of phenolic OH excluding ortho intramolecular Hbond substituents is 1. The molecule has 0 fully saturated rings. The van der Waals surface area contributed by atoms with Crippen LogP contribution in [0, 0.1) is 3.57 Å². The van der Waals surface area contributed by atoms with E-state index < -0.39 is 0 Å². The number of ether oxygens (including phenoxy) is 1. The summed E-state index contributed by atoms with van der Waals surface area (Å²) in [5, 5.41) is 16.1. The molecule has 0 spiro atoms. The average Bonchev–Trinajstić information content (AvgIpc) is 2.63. The first-order chi connectivity index (χ1) is 12.5. The molecule has 3 N–H and O–H groups in total. The molecule has 0 saturated heterocycles. The second-order valence-electron chi connectivity index (χ2n) is 5.28. The highest BCUT2D eigenvalue weighted by Crippen LogP contribution is 2.25. The third-order valence-electron chi connectivity index (χ3n) is 3.31. The zero-order valence-corrected chi connectivity index (χ0v) is 16.2. The highest BCUT2D eigenvalue weighted by Gasteiger charge is 2.07.